The van der Waals surface area contributed by atoms with Crippen LogP contribution in [0.4, 0.5) is 0 Å². The molecular formula is C7H12O5S. The van der Waals surface area contributed by atoms with E-state index in [4.69, 9.17) is 9.84 Å². The van der Waals surface area contributed by atoms with E-state index in [1.165, 1.54) is 7.11 Å². The van der Waals surface area contributed by atoms with Crippen molar-refractivity contribution in [2.24, 2.45) is 5.41 Å². The fourth-order valence-corrected chi connectivity index (χ4v) is 3.58. The highest BCUT2D eigenvalue weighted by Gasteiger charge is 2.48. The van der Waals surface area contributed by atoms with E-state index in [2.05, 4.69) is 0 Å². The molecular weight excluding hydrogens is 196 g/mol. The van der Waals surface area contributed by atoms with E-state index in [0.29, 0.717) is 0 Å². The minimum Gasteiger partial charge on any atom is -0.481 e. The highest BCUT2D eigenvalue weighted by Crippen LogP contribution is 2.32. The third kappa shape index (κ3) is 2.00. The Labute approximate surface area is 76.6 Å². The van der Waals surface area contributed by atoms with Gasteiger partial charge in [-0.25, -0.2) is 8.42 Å². The monoisotopic (exact) mass is 208 g/mol. The largest absolute Gasteiger partial charge is 0.481 e. The smallest absolute Gasteiger partial charge is 0.313 e. The maximum atomic E-state index is 11.1. The summed E-state index contributed by atoms with van der Waals surface area (Å²) in [5, 5.41) is 8.88. The van der Waals surface area contributed by atoms with Gasteiger partial charge in [0.15, 0.2) is 9.84 Å². The average molecular weight is 208 g/mol. The van der Waals surface area contributed by atoms with Crippen molar-refractivity contribution in [1.82, 2.24) is 0 Å². The summed E-state index contributed by atoms with van der Waals surface area (Å²) in [7, 11) is -1.81. The van der Waals surface area contributed by atoms with Crippen LogP contribution < -0.4 is 0 Å². The molecule has 0 aromatic rings. The lowest BCUT2D eigenvalue weighted by Crippen LogP contribution is -2.36. The number of methoxy groups -OCH3 is 1. The number of ether oxygens (including phenoxy) is 1. The number of rotatable bonds is 3. The Morgan fingerprint density at radius 2 is 2.23 bits per heavy atom. The third-order valence-electron chi connectivity index (χ3n) is 2.26. The van der Waals surface area contributed by atoms with Gasteiger partial charge in [-0.3, -0.25) is 4.79 Å². The zero-order valence-electron chi connectivity index (χ0n) is 7.32. The van der Waals surface area contributed by atoms with E-state index in [1.54, 1.807) is 0 Å². The lowest BCUT2D eigenvalue weighted by molar-refractivity contribution is -0.150. The highest BCUT2D eigenvalue weighted by atomic mass is 32.2. The molecule has 0 radical (unpaired) electrons. The molecule has 6 heteroatoms. The van der Waals surface area contributed by atoms with E-state index >= 15 is 0 Å². The van der Waals surface area contributed by atoms with E-state index in [9.17, 15) is 13.2 Å². The molecule has 0 aromatic carbocycles. The summed E-state index contributed by atoms with van der Waals surface area (Å²) in [5.41, 5.74) is -1.21. The number of carbonyl (C=O) groups is 1. The van der Waals surface area contributed by atoms with Crippen molar-refractivity contribution in [2.45, 2.75) is 6.42 Å². The van der Waals surface area contributed by atoms with Crippen molar-refractivity contribution in [2.75, 3.05) is 25.2 Å². The Kier molecular flexibility index (Phi) is 2.63. The maximum Gasteiger partial charge on any atom is 0.313 e. The molecule has 5 nitrogen and oxygen atoms in total. The lowest BCUT2D eigenvalue weighted by Gasteiger charge is -2.20. The quantitative estimate of drug-likeness (QED) is 0.677. The molecule has 1 N–H and O–H groups in total. The lowest BCUT2D eigenvalue weighted by atomic mass is 9.89. The molecule has 1 atom stereocenters. The average Bonchev–Trinajstić information content (AvgIpc) is 2.28. The molecule has 0 amide bonds. The van der Waals surface area contributed by atoms with Gasteiger partial charge in [0, 0.05) is 7.11 Å². The second kappa shape index (κ2) is 3.26. The molecule has 1 saturated heterocycles. The molecule has 1 fully saturated rings. The molecule has 0 spiro atoms. The maximum absolute atomic E-state index is 11.1. The molecule has 1 heterocycles. The number of hydrogen-bond donors (Lipinski definition) is 1. The standard InChI is InChI=1S/C7H12O5S/c1-12-4-7(6(8)9)2-3-13(10,11)5-7/h2-5H2,1H3,(H,8,9). The van der Waals surface area contributed by atoms with Crippen LogP contribution in [0.25, 0.3) is 0 Å². The minimum absolute atomic E-state index is 0.0401. The minimum atomic E-state index is -3.18. The highest BCUT2D eigenvalue weighted by molar-refractivity contribution is 7.91. The fourth-order valence-electron chi connectivity index (χ4n) is 1.54. The van der Waals surface area contributed by atoms with Crippen LogP contribution in [0.1, 0.15) is 6.42 Å². The summed E-state index contributed by atoms with van der Waals surface area (Å²) < 4.78 is 27.0. The summed E-state index contributed by atoms with van der Waals surface area (Å²) >= 11 is 0. The predicted octanol–water partition coefficient (Wildman–Crippen LogP) is -0.478. The van der Waals surface area contributed by atoms with Crippen molar-refractivity contribution in [3.8, 4) is 0 Å². The van der Waals surface area contributed by atoms with Crippen molar-refractivity contribution in [3.63, 3.8) is 0 Å². The number of carboxylic acid groups (broad SMARTS) is 1. The first-order chi connectivity index (χ1) is 5.92. The molecule has 0 bridgehead atoms. The van der Waals surface area contributed by atoms with Crippen LogP contribution in [0.5, 0.6) is 0 Å². The van der Waals surface area contributed by atoms with E-state index in [1.807, 2.05) is 0 Å². The first-order valence-corrected chi connectivity index (χ1v) is 5.67. The first-order valence-electron chi connectivity index (χ1n) is 3.85. The molecule has 0 aromatic heterocycles. The molecule has 1 unspecified atom stereocenters. The summed E-state index contributed by atoms with van der Waals surface area (Å²) in [4.78, 5) is 10.9. The Hall–Kier alpha value is -0.620. The second-order valence-corrected chi connectivity index (χ2v) is 5.54. The van der Waals surface area contributed by atoms with Crippen molar-refractivity contribution in [1.29, 1.82) is 0 Å². The van der Waals surface area contributed by atoms with Crippen LogP contribution in [0, 0.1) is 5.41 Å². The van der Waals surface area contributed by atoms with E-state index < -0.39 is 21.2 Å². The predicted molar refractivity (Wildman–Crippen MR) is 45.2 cm³/mol. The molecule has 1 aliphatic rings. The van der Waals surface area contributed by atoms with Gasteiger partial charge >= 0.3 is 5.97 Å². The number of aliphatic carboxylic acids is 1. The summed E-state index contributed by atoms with van der Waals surface area (Å²) in [6.45, 7) is -0.0401. The van der Waals surface area contributed by atoms with Crippen LogP contribution in [0.15, 0.2) is 0 Å². The topological polar surface area (TPSA) is 80.7 Å². The molecule has 13 heavy (non-hydrogen) atoms. The van der Waals surface area contributed by atoms with Crippen LogP contribution in [0.2, 0.25) is 0 Å². The SMILES string of the molecule is COCC1(C(=O)O)CCS(=O)(=O)C1. The van der Waals surface area contributed by atoms with Crippen LogP contribution >= 0.6 is 0 Å². The van der Waals surface area contributed by atoms with Gasteiger partial charge in [-0.1, -0.05) is 0 Å². The zero-order chi connectivity index (χ0) is 10.1. The molecule has 0 saturated carbocycles. The molecule has 0 aliphatic carbocycles. The number of carboxylic acids is 1. The van der Waals surface area contributed by atoms with E-state index in [0.717, 1.165) is 0 Å². The van der Waals surface area contributed by atoms with Gasteiger partial charge in [-0.05, 0) is 6.42 Å². The fraction of sp³-hybridized carbons (Fsp3) is 0.857. The van der Waals surface area contributed by atoms with Gasteiger partial charge < -0.3 is 9.84 Å². The van der Waals surface area contributed by atoms with Gasteiger partial charge in [0.25, 0.3) is 0 Å². The molecule has 76 valence electrons. The van der Waals surface area contributed by atoms with Crippen molar-refractivity contribution >= 4 is 15.8 Å². The molecule has 1 aliphatic heterocycles. The van der Waals surface area contributed by atoms with Gasteiger partial charge in [0.2, 0.25) is 0 Å². The Morgan fingerprint density at radius 3 is 2.54 bits per heavy atom. The first kappa shape index (κ1) is 10.5. The summed E-state index contributed by atoms with van der Waals surface area (Å²) in [5.74, 6) is -1.44. The van der Waals surface area contributed by atoms with Gasteiger partial charge in [0.05, 0.1) is 18.1 Å². The van der Waals surface area contributed by atoms with Crippen LogP contribution in [0.3, 0.4) is 0 Å². The normalized spacial score (nSPS) is 31.8. The van der Waals surface area contributed by atoms with Crippen LogP contribution in [-0.4, -0.2) is 44.7 Å². The van der Waals surface area contributed by atoms with Gasteiger partial charge in [-0.2, -0.15) is 0 Å². The molecule has 1 rings (SSSR count). The van der Waals surface area contributed by atoms with E-state index in [-0.39, 0.29) is 24.5 Å². The van der Waals surface area contributed by atoms with Gasteiger partial charge in [-0.15, -0.1) is 0 Å². The van der Waals surface area contributed by atoms with Crippen molar-refractivity contribution in [3.05, 3.63) is 0 Å². The third-order valence-corrected chi connectivity index (χ3v) is 4.08. The zero-order valence-corrected chi connectivity index (χ0v) is 8.13. The Morgan fingerprint density at radius 1 is 1.62 bits per heavy atom. The Bertz CT molecular complexity index is 307. The van der Waals surface area contributed by atoms with Gasteiger partial charge in [0.1, 0.15) is 5.41 Å². The number of hydrogen-bond acceptors (Lipinski definition) is 4. The van der Waals surface area contributed by atoms with Crippen LogP contribution in [-0.2, 0) is 19.4 Å². The summed E-state index contributed by atoms with van der Waals surface area (Å²) in [6.07, 6.45) is 0.151. The second-order valence-electron chi connectivity index (χ2n) is 3.36. The Balaban J connectivity index is 2.90. The summed E-state index contributed by atoms with van der Waals surface area (Å²) in [6, 6.07) is 0. The van der Waals surface area contributed by atoms with Crippen molar-refractivity contribution < 1.29 is 23.1 Å². The number of sulfone groups is 1.